The summed E-state index contributed by atoms with van der Waals surface area (Å²) < 4.78 is 51.1. The van der Waals surface area contributed by atoms with Gasteiger partial charge >= 0.3 is 26.7 Å². The van der Waals surface area contributed by atoms with Crippen LogP contribution in [0.25, 0.3) is 11.1 Å². The van der Waals surface area contributed by atoms with E-state index in [1.165, 1.54) is 0 Å². The number of ether oxygens (including phenoxy) is 2. The van der Waals surface area contributed by atoms with Gasteiger partial charge in [-0.25, -0.2) is 0 Å². The Bertz CT molecular complexity index is 1470. The Morgan fingerprint density at radius 2 is 0.818 bits per heavy atom. The molecule has 0 aromatic heterocycles. The zero-order chi connectivity index (χ0) is 32.1. The third-order valence-corrected chi connectivity index (χ3v) is 11.1. The van der Waals surface area contributed by atoms with Crippen LogP contribution in [-0.2, 0) is 9.13 Å². The van der Waals surface area contributed by atoms with E-state index in [0.717, 1.165) is 44.9 Å². The minimum absolute atomic E-state index is 0.499. The molecule has 44 heavy (non-hydrogen) atoms. The van der Waals surface area contributed by atoms with Crippen molar-refractivity contribution in [3.8, 4) is 34.1 Å². The zero-order valence-electron chi connectivity index (χ0n) is 26.8. The first-order valence-corrected chi connectivity index (χ1v) is 17.3. The first-order chi connectivity index (χ1) is 20.9. The lowest BCUT2D eigenvalue weighted by atomic mass is 10.1. The summed E-state index contributed by atoms with van der Waals surface area (Å²) in [4.78, 5) is 0. The Labute approximate surface area is 263 Å². The topological polar surface area (TPSA) is 71.1 Å². The van der Waals surface area contributed by atoms with Crippen LogP contribution in [0, 0.1) is 27.7 Å². The second-order valence-corrected chi connectivity index (χ2v) is 14.7. The van der Waals surface area contributed by atoms with Gasteiger partial charge in [-0.3, -0.25) is 9.05 Å². The number of hydrogen-bond acceptors (Lipinski definition) is 6. The molecule has 0 spiro atoms. The molecule has 0 N–H and O–H groups in total. The van der Waals surface area contributed by atoms with Crippen LogP contribution in [0.15, 0.2) is 84.9 Å². The van der Waals surface area contributed by atoms with Crippen LogP contribution >= 0.6 is 16.1 Å². The summed E-state index contributed by atoms with van der Waals surface area (Å²) >= 11 is 0. The first-order valence-electron chi connectivity index (χ1n) is 14.9. The lowest BCUT2D eigenvalue weighted by molar-refractivity contribution is 0.157. The maximum absolute atomic E-state index is 13.4. The maximum atomic E-state index is 13.4. The van der Waals surface area contributed by atoms with Gasteiger partial charge in [-0.15, -0.1) is 0 Å². The van der Waals surface area contributed by atoms with Gasteiger partial charge in [-0.2, -0.15) is 0 Å². The molecule has 4 aromatic rings. The standard InChI is InChI=1S/C36H42O6P2/c1-9-35(7,39-33-25(3)13-11-14-26(33)4)43(37)41-31-21-17-29(18-22-31)30-19-23-32(24-20-30)42-44(38)36(8,10-2)40-34-27(5)15-12-16-28(34)6/h11-24H,9-10H2,1-8H3/q+2. The molecule has 0 heterocycles. The fourth-order valence-electron chi connectivity index (χ4n) is 4.64. The van der Waals surface area contributed by atoms with Crippen LogP contribution in [0.1, 0.15) is 62.8 Å². The van der Waals surface area contributed by atoms with Gasteiger partial charge in [0.1, 0.15) is 11.5 Å². The summed E-state index contributed by atoms with van der Waals surface area (Å²) in [6.45, 7) is 15.4. The fraction of sp³-hybridized carbons (Fsp3) is 0.333. The molecule has 230 valence electrons. The number of aryl methyl sites for hydroxylation is 4. The monoisotopic (exact) mass is 632 g/mol. The van der Waals surface area contributed by atoms with Gasteiger partial charge in [0, 0.05) is 26.7 Å². The number of hydrogen-bond donors (Lipinski definition) is 0. The molecule has 0 aliphatic carbocycles. The van der Waals surface area contributed by atoms with Crippen LogP contribution < -0.4 is 18.5 Å². The van der Waals surface area contributed by atoms with E-state index in [0.29, 0.717) is 24.3 Å². The van der Waals surface area contributed by atoms with E-state index in [4.69, 9.17) is 18.5 Å². The molecule has 0 bridgehead atoms. The van der Waals surface area contributed by atoms with Crippen molar-refractivity contribution in [2.75, 3.05) is 0 Å². The molecule has 0 radical (unpaired) electrons. The largest absolute Gasteiger partial charge is 0.604 e. The average molecular weight is 633 g/mol. The molecule has 0 saturated carbocycles. The predicted octanol–water partition coefficient (Wildman–Crippen LogP) is 11.2. The molecule has 0 aliphatic heterocycles. The highest BCUT2D eigenvalue weighted by molar-refractivity contribution is 7.41. The summed E-state index contributed by atoms with van der Waals surface area (Å²) in [6.07, 6.45) is 1.03. The molecular formula is C36H42O6P2+2. The van der Waals surface area contributed by atoms with Crippen molar-refractivity contribution >= 4 is 16.1 Å². The second-order valence-electron chi connectivity index (χ2n) is 11.4. The summed E-state index contributed by atoms with van der Waals surface area (Å²) in [5.74, 6) is 2.48. The highest BCUT2D eigenvalue weighted by Crippen LogP contribution is 2.47. The van der Waals surface area contributed by atoms with E-state index in [1.54, 1.807) is 24.3 Å². The Hall–Kier alpha value is -3.72. The van der Waals surface area contributed by atoms with E-state index >= 15 is 0 Å². The van der Waals surface area contributed by atoms with Crippen molar-refractivity contribution in [3.05, 3.63) is 107 Å². The van der Waals surface area contributed by atoms with E-state index in [1.807, 2.05) is 116 Å². The average Bonchev–Trinajstić information content (AvgIpc) is 3.01. The third kappa shape index (κ3) is 7.49. The van der Waals surface area contributed by atoms with Crippen LogP contribution in [-0.4, -0.2) is 10.7 Å². The highest BCUT2D eigenvalue weighted by atomic mass is 31.1. The normalized spacial score (nSPS) is 14.5. The second kappa shape index (κ2) is 13.9. The third-order valence-electron chi connectivity index (χ3n) is 7.96. The van der Waals surface area contributed by atoms with Gasteiger partial charge in [0.2, 0.25) is 0 Å². The molecule has 0 amide bonds. The van der Waals surface area contributed by atoms with Gasteiger partial charge in [0.25, 0.3) is 0 Å². The SMILES string of the molecule is CCC(C)(Oc1c(C)cccc1C)[P+](=O)Oc1ccc(-c2ccc(O[P+](=O)C(C)(CC)Oc3c(C)cccc3C)cc2)cc1. The first kappa shape index (κ1) is 33.2. The number of para-hydroxylation sites is 2. The van der Waals surface area contributed by atoms with Crippen molar-refractivity contribution in [2.45, 2.75) is 78.9 Å². The number of rotatable bonds is 13. The maximum Gasteiger partial charge on any atom is 0.604 e. The smallest absolute Gasteiger partial charge is 0.441 e. The summed E-state index contributed by atoms with van der Waals surface area (Å²) in [6, 6.07) is 26.7. The van der Waals surface area contributed by atoms with E-state index in [9.17, 15) is 9.13 Å². The Kier molecular flexibility index (Phi) is 10.5. The minimum atomic E-state index is -2.19. The van der Waals surface area contributed by atoms with Gasteiger partial charge in [-0.05, 0) is 94.5 Å². The van der Waals surface area contributed by atoms with Crippen molar-refractivity contribution in [3.63, 3.8) is 0 Å². The highest BCUT2D eigenvalue weighted by Gasteiger charge is 2.51. The minimum Gasteiger partial charge on any atom is -0.441 e. The van der Waals surface area contributed by atoms with Crippen LogP contribution in [0.2, 0.25) is 0 Å². The molecule has 4 unspecified atom stereocenters. The van der Waals surface area contributed by atoms with Gasteiger partial charge in [0.05, 0.1) is 0 Å². The molecule has 0 aliphatic rings. The zero-order valence-corrected chi connectivity index (χ0v) is 28.6. The Morgan fingerprint density at radius 1 is 0.523 bits per heavy atom. The van der Waals surface area contributed by atoms with Gasteiger partial charge in [0.15, 0.2) is 11.5 Å². The molecule has 8 heteroatoms. The van der Waals surface area contributed by atoms with Crippen molar-refractivity contribution < 1.29 is 27.7 Å². The summed E-state index contributed by atoms with van der Waals surface area (Å²) in [5, 5.41) is -1.97. The van der Waals surface area contributed by atoms with Gasteiger partial charge < -0.3 is 9.47 Å². The number of benzene rings is 4. The molecule has 6 nitrogen and oxygen atoms in total. The van der Waals surface area contributed by atoms with Crippen molar-refractivity contribution in [1.29, 1.82) is 0 Å². The molecular weight excluding hydrogens is 590 g/mol. The van der Waals surface area contributed by atoms with Crippen molar-refractivity contribution in [2.24, 2.45) is 0 Å². The molecule has 4 atom stereocenters. The molecule has 0 fully saturated rings. The van der Waals surface area contributed by atoms with Crippen LogP contribution in [0.4, 0.5) is 0 Å². The van der Waals surface area contributed by atoms with Crippen molar-refractivity contribution in [1.82, 2.24) is 0 Å². The van der Waals surface area contributed by atoms with E-state index < -0.39 is 26.7 Å². The van der Waals surface area contributed by atoms with Crippen LogP contribution in [0.5, 0.6) is 23.0 Å². The van der Waals surface area contributed by atoms with E-state index in [2.05, 4.69) is 0 Å². The summed E-state index contributed by atoms with van der Waals surface area (Å²) in [7, 11) is -4.37. The van der Waals surface area contributed by atoms with Gasteiger partial charge in [-0.1, -0.05) is 74.5 Å². The molecule has 0 saturated heterocycles. The fourth-order valence-corrected chi connectivity index (χ4v) is 6.50. The lowest BCUT2D eigenvalue weighted by Gasteiger charge is -2.21. The predicted molar refractivity (Wildman–Crippen MR) is 179 cm³/mol. The Balaban J connectivity index is 1.41. The van der Waals surface area contributed by atoms with E-state index in [-0.39, 0.29) is 0 Å². The Morgan fingerprint density at radius 3 is 1.09 bits per heavy atom. The summed E-state index contributed by atoms with van der Waals surface area (Å²) in [5.41, 5.74) is 5.86. The molecule has 4 rings (SSSR count). The lowest BCUT2D eigenvalue weighted by Crippen LogP contribution is -2.29. The van der Waals surface area contributed by atoms with Crippen LogP contribution in [0.3, 0.4) is 0 Å². The molecule has 4 aromatic carbocycles. The quantitative estimate of drug-likeness (QED) is 0.137.